The third kappa shape index (κ3) is 4.51. The molecular weight excluding hydrogens is 223 g/mol. The number of carbonyl (C=O) groups is 1. The molecule has 0 aliphatic carbocycles. The molecule has 1 amide bonds. The minimum Gasteiger partial charge on any atom is -0.484 e. The molecule has 5 heteroatoms. The number of nitriles is 1. The Kier molecular flexibility index (Phi) is 4.95. The van der Waals surface area contributed by atoms with Gasteiger partial charge in [-0.1, -0.05) is 6.07 Å². The molecular formula is C12H13FN2O2. The van der Waals surface area contributed by atoms with Gasteiger partial charge in [-0.2, -0.15) is 5.26 Å². The molecule has 0 saturated heterocycles. The molecule has 17 heavy (non-hydrogen) atoms. The van der Waals surface area contributed by atoms with E-state index in [2.05, 4.69) is 5.32 Å². The minimum atomic E-state index is -0.368. The highest BCUT2D eigenvalue weighted by Crippen LogP contribution is 2.15. The van der Waals surface area contributed by atoms with E-state index in [1.165, 1.54) is 6.07 Å². The fourth-order valence-corrected chi connectivity index (χ4v) is 1.12. The Morgan fingerprint density at radius 1 is 1.59 bits per heavy atom. The lowest BCUT2D eigenvalue weighted by Gasteiger charge is -2.07. The molecule has 4 nitrogen and oxygen atoms in total. The van der Waals surface area contributed by atoms with Crippen LogP contribution in [0.2, 0.25) is 0 Å². The number of carbonyl (C=O) groups excluding carboxylic acids is 1. The van der Waals surface area contributed by atoms with Crippen molar-refractivity contribution in [2.75, 3.05) is 13.2 Å². The first-order chi connectivity index (χ1) is 8.13. The van der Waals surface area contributed by atoms with Crippen molar-refractivity contribution in [1.29, 1.82) is 5.26 Å². The van der Waals surface area contributed by atoms with E-state index in [1.54, 1.807) is 19.1 Å². The predicted octanol–water partition coefficient (Wildman–Crippen LogP) is 1.54. The maximum Gasteiger partial charge on any atom is 0.257 e. The van der Waals surface area contributed by atoms with Crippen LogP contribution < -0.4 is 10.1 Å². The van der Waals surface area contributed by atoms with Gasteiger partial charge in [-0.3, -0.25) is 4.79 Å². The van der Waals surface area contributed by atoms with Gasteiger partial charge in [0.05, 0.1) is 12.5 Å². The number of rotatable bonds is 5. The van der Waals surface area contributed by atoms with Gasteiger partial charge in [0.25, 0.3) is 5.91 Å². The summed E-state index contributed by atoms with van der Waals surface area (Å²) in [5.74, 6) is -0.392. The Labute approximate surface area is 99.0 Å². The molecule has 0 saturated carbocycles. The fourth-order valence-electron chi connectivity index (χ4n) is 1.12. The molecule has 0 spiro atoms. The van der Waals surface area contributed by atoms with Crippen molar-refractivity contribution in [2.24, 2.45) is 0 Å². The van der Waals surface area contributed by atoms with Crippen LogP contribution in [0, 0.1) is 24.1 Å². The number of nitrogens with zero attached hydrogens (tertiary/aromatic N) is 1. The average molecular weight is 236 g/mol. The Balaban J connectivity index is 2.37. The summed E-state index contributed by atoms with van der Waals surface area (Å²) in [6, 6.07) is 6.32. The second kappa shape index (κ2) is 6.48. The molecule has 0 atom stereocenters. The van der Waals surface area contributed by atoms with Gasteiger partial charge in [0.2, 0.25) is 0 Å². The topological polar surface area (TPSA) is 62.1 Å². The van der Waals surface area contributed by atoms with E-state index in [9.17, 15) is 9.18 Å². The molecule has 0 unspecified atom stereocenters. The van der Waals surface area contributed by atoms with Crippen molar-refractivity contribution in [1.82, 2.24) is 5.32 Å². The molecule has 0 radical (unpaired) electrons. The van der Waals surface area contributed by atoms with Crippen LogP contribution in [-0.4, -0.2) is 19.1 Å². The molecule has 90 valence electrons. The number of halogens is 1. The van der Waals surface area contributed by atoms with Crippen LogP contribution in [0.5, 0.6) is 5.75 Å². The molecule has 0 aliphatic rings. The highest BCUT2D eigenvalue weighted by molar-refractivity contribution is 5.77. The lowest BCUT2D eigenvalue weighted by atomic mass is 10.2. The molecule has 0 heterocycles. The molecule has 0 fully saturated rings. The summed E-state index contributed by atoms with van der Waals surface area (Å²) >= 11 is 0. The lowest BCUT2D eigenvalue weighted by molar-refractivity contribution is -0.123. The number of benzene rings is 1. The van der Waals surface area contributed by atoms with Crippen molar-refractivity contribution in [3.63, 3.8) is 0 Å². The van der Waals surface area contributed by atoms with Gasteiger partial charge in [-0.25, -0.2) is 4.39 Å². The van der Waals surface area contributed by atoms with Crippen molar-refractivity contribution < 1.29 is 13.9 Å². The minimum absolute atomic E-state index is 0.187. The maximum absolute atomic E-state index is 13.1. The Morgan fingerprint density at radius 3 is 3.00 bits per heavy atom. The third-order valence-electron chi connectivity index (χ3n) is 2.07. The van der Waals surface area contributed by atoms with E-state index in [4.69, 9.17) is 10.00 Å². The number of amides is 1. The fraction of sp³-hybridized carbons (Fsp3) is 0.333. The summed E-state index contributed by atoms with van der Waals surface area (Å²) < 4.78 is 18.2. The largest absolute Gasteiger partial charge is 0.484 e. The first kappa shape index (κ1) is 13.0. The highest BCUT2D eigenvalue weighted by Gasteiger charge is 2.04. The van der Waals surface area contributed by atoms with Gasteiger partial charge in [0.1, 0.15) is 11.6 Å². The Hall–Kier alpha value is -2.09. The Bertz CT molecular complexity index is 441. The predicted molar refractivity (Wildman–Crippen MR) is 59.9 cm³/mol. The molecule has 1 N–H and O–H groups in total. The van der Waals surface area contributed by atoms with Crippen molar-refractivity contribution in [2.45, 2.75) is 13.3 Å². The van der Waals surface area contributed by atoms with Crippen LogP contribution in [0.15, 0.2) is 18.2 Å². The summed E-state index contributed by atoms with van der Waals surface area (Å²) in [5, 5.41) is 10.8. The maximum atomic E-state index is 13.1. The van der Waals surface area contributed by atoms with Gasteiger partial charge in [-0.05, 0) is 18.6 Å². The number of aryl methyl sites for hydroxylation is 1. The zero-order chi connectivity index (χ0) is 12.7. The van der Waals surface area contributed by atoms with Gasteiger partial charge in [-0.15, -0.1) is 0 Å². The van der Waals surface area contributed by atoms with E-state index in [1.807, 2.05) is 6.07 Å². The lowest BCUT2D eigenvalue weighted by Crippen LogP contribution is -2.29. The number of ether oxygens (including phenoxy) is 1. The summed E-state index contributed by atoms with van der Waals surface area (Å²) in [7, 11) is 0. The molecule has 0 bridgehead atoms. The normalized spacial score (nSPS) is 9.47. The van der Waals surface area contributed by atoms with Crippen LogP contribution in [-0.2, 0) is 4.79 Å². The average Bonchev–Trinajstić information content (AvgIpc) is 2.31. The zero-order valence-corrected chi connectivity index (χ0v) is 9.50. The van der Waals surface area contributed by atoms with Crippen LogP contribution in [0.4, 0.5) is 4.39 Å². The monoisotopic (exact) mass is 236 g/mol. The highest BCUT2D eigenvalue weighted by atomic mass is 19.1. The first-order valence-corrected chi connectivity index (χ1v) is 5.16. The van der Waals surface area contributed by atoms with Gasteiger partial charge in [0.15, 0.2) is 6.61 Å². The van der Waals surface area contributed by atoms with Gasteiger partial charge < -0.3 is 10.1 Å². The zero-order valence-electron chi connectivity index (χ0n) is 9.50. The van der Waals surface area contributed by atoms with Gasteiger partial charge >= 0.3 is 0 Å². The van der Waals surface area contributed by atoms with Crippen LogP contribution in [0.25, 0.3) is 0 Å². The van der Waals surface area contributed by atoms with Crippen LogP contribution >= 0.6 is 0 Å². The SMILES string of the molecule is Cc1ccc(OCC(=O)NCCC#N)cc1F. The number of hydrogen-bond donors (Lipinski definition) is 1. The summed E-state index contributed by atoms with van der Waals surface area (Å²) in [4.78, 5) is 11.2. The second-order valence-corrected chi connectivity index (χ2v) is 3.46. The number of hydrogen-bond acceptors (Lipinski definition) is 3. The second-order valence-electron chi connectivity index (χ2n) is 3.46. The standard InChI is InChI=1S/C12H13FN2O2/c1-9-3-4-10(7-11(9)13)17-8-12(16)15-6-2-5-14/h3-4,7H,2,6,8H2,1H3,(H,15,16). The van der Waals surface area contributed by atoms with Gasteiger partial charge in [0, 0.05) is 12.6 Å². The Morgan fingerprint density at radius 2 is 2.35 bits per heavy atom. The molecule has 1 rings (SSSR count). The summed E-state index contributed by atoms with van der Waals surface area (Å²) in [6.07, 6.45) is 0.255. The molecule has 0 aliphatic heterocycles. The van der Waals surface area contributed by atoms with E-state index in [-0.39, 0.29) is 24.8 Å². The molecule has 1 aromatic rings. The first-order valence-electron chi connectivity index (χ1n) is 5.16. The smallest absolute Gasteiger partial charge is 0.257 e. The van der Waals surface area contributed by atoms with E-state index < -0.39 is 0 Å². The van der Waals surface area contributed by atoms with Crippen molar-refractivity contribution in [3.8, 4) is 11.8 Å². The summed E-state index contributed by atoms with van der Waals surface area (Å²) in [5.41, 5.74) is 0.524. The third-order valence-corrected chi connectivity index (χ3v) is 2.07. The number of nitrogens with one attached hydrogen (secondary N) is 1. The summed E-state index contributed by atoms with van der Waals surface area (Å²) in [6.45, 7) is 1.75. The van der Waals surface area contributed by atoms with Crippen LogP contribution in [0.1, 0.15) is 12.0 Å². The van der Waals surface area contributed by atoms with E-state index in [0.717, 1.165) is 0 Å². The van der Waals surface area contributed by atoms with Crippen molar-refractivity contribution in [3.05, 3.63) is 29.6 Å². The quantitative estimate of drug-likeness (QED) is 0.789. The van der Waals surface area contributed by atoms with Crippen LogP contribution in [0.3, 0.4) is 0 Å². The van der Waals surface area contributed by atoms with Crippen molar-refractivity contribution >= 4 is 5.91 Å². The van der Waals surface area contributed by atoms with E-state index in [0.29, 0.717) is 17.9 Å². The molecule has 0 aromatic heterocycles. The van der Waals surface area contributed by atoms with E-state index >= 15 is 0 Å². The molecule has 1 aromatic carbocycles.